The van der Waals surface area contributed by atoms with E-state index in [9.17, 15) is 18.8 Å². The van der Waals surface area contributed by atoms with Crippen LogP contribution < -0.4 is 11.0 Å². The van der Waals surface area contributed by atoms with Crippen LogP contribution in [0.5, 0.6) is 0 Å². The highest BCUT2D eigenvalue weighted by atomic mass is 35.5. The number of aromatic nitrogens is 2. The summed E-state index contributed by atoms with van der Waals surface area (Å²) in [5, 5.41) is 2.89. The van der Waals surface area contributed by atoms with E-state index in [0.29, 0.717) is 35.0 Å². The van der Waals surface area contributed by atoms with Crippen LogP contribution in [-0.2, 0) is 20.7 Å². The molecule has 1 amide bonds. The maximum absolute atomic E-state index is 14.3. The molecule has 0 unspecified atom stereocenters. The van der Waals surface area contributed by atoms with E-state index in [-0.39, 0.29) is 28.7 Å². The molecule has 8 nitrogen and oxygen atoms in total. The summed E-state index contributed by atoms with van der Waals surface area (Å²) >= 11 is 12.6. The largest absolute Gasteiger partial charge is 0.467 e. The molecule has 0 radical (unpaired) electrons. The third-order valence-corrected chi connectivity index (χ3v) is 7.64. The van der Waals surface area contributed by atoms with Crippen LogP contribution in [0.4, 0.5) is 4.39 Å². The van der Waals surface area contributed by atoms with Crippen LogP contribution >= 0.6 is 23.2 Å². The molecule has 1 aliphatic heterocycles. The molecule has 4 aromatic rings. The fourth-order valence-corrected chi connectivity index (χ4v) is 5.56. The highest BCUT2D eigenvalue weighted by Crippen LogP contribution is 2.30. The monoisotopic (exact) mass is 585 g/mol. The number of nitrogens with one attached hydrogen (secondary N) is 1. The Kier molecular flexibility index (Phi) is 8.25. The lowest BCUT2D eigenvalue weighted by atomic mass is 10.0. The Balaban J connectivity index is 1.45. The van der Waals surface area contributed by atoms with E-state index in [2.05, 4.69) is 5.32 Å². The number of fused-ring (bicyclic) bond motifs is 1. The van der Waals surface area contributed by atoms with Gasteiger partial charge in [0.1, 0.15) is 11.9 Å². The lowest BCUT2D eigenvalue weighted by Gasteiger charge is -2.23. The zero-order valence-electron chi connectivity index (χ0n) is 21.5. The molecule has 208 valence electrons. The molecule has 2 heterocycles. The number of imidazole rings is 1. The SMILES string of the molecule is COC(=O)[C@H](Cc1ccc(-n2c(=O)n(C3CCOCC3)c3cccc(Cl)c32)cc1)NC(=O)c1c(F)cccc1Cl. The first-order valence-electron chi connectivity index (χ1n) is 12.7. The van der Waals surface area contributed by atoms with E-state index in [1.54, 1.807) is 39.5 Å². The summed E-state index contributed by atoms with van der Waals surface area (Å²) in [5.74, 6) is -2.34. The van der Waals surface area contributed by atoms with E-state index in [1.165, 1.54) is 19.2 Å². The number of hydrogen-bond acceptors (Lipinski definition) is 5. The van der Waals surface area contributed by atoms with Gasteiger partial charge in [-0.1, -0.05) is 47.5 Å². The second-order valence-electron chi connectivity index (χ2n) is 9.46. The van der Waals surface area contributed by atoms with Crippen molar-refractivity contribution < 1.29 is 23.5 Å². The number of carbonyl (C=O) groups is 2. The van der Waals surface area contributed by atoms with Gasteiger partial charge < -0.3 is 14.8 Å². The van der Waals surface area contributed by atoms with Gasteiger partial charge in [-0.25, -0.2) is 14.0 Å². The zero-order valence-corrected chi connectivity index (χ0v) is 23.0. The van der Waals surface area contributed by atoms with Crippen molar-refractivity contribution in [1.29, 1.82) is 0 Å². The summed E-state index contributed by atoms with van der Waals surface area (Å²) in [4.78, 5) is 39.0. The second kappa shape index (κ2) is 11.8. The highest BCUT2D eigenvalue weighted by molar-refractivity contribution is 6.35. The van der Waals surface area contributed by atoms with Crippen LogP contribution in [0.1, 0.15) is 34.8 Å². The van der Waals surface area contributed by atoms with Crippen LogP contribution in [0.3, 0.4) is 0 Å². The van der Waals surface area contributed by atoms with Gasteiger partial charge in [0, 0.05) is 25.7 Å². The molecule has 1 N–H and O–H groups in total. The fraction of sp³-hybridized carbons (Fsp3) is 0.276. The summed E-state index contributed by atoms with van der Waals surface area (Å²) < 4.78 is 28.0. The first kappa shape index (κ1) is 27.9. The van der Waals surface area contributed by atoms with Crippen molar-refractivity contribution in [1.82, 2.24) is 14.5 Å². The van der Waals surface area contributed by atoms with Gasteiger partial charge in [0.15, 0.2) is 0 Å². The predicted molar refractivity (Wildman–Crippen MR) is 150 cm³/mol. The van der Waals surface area contributed by atoms with Crippen LogP contribution in [0, 0.1) is 5.82 Å². The first-order chi connectivity index (χ1) is 19.3. The Labute approximate surface area is 239 Å². The van der Waals surface area contributed by atoms with Gasteiger partial charge in [0.05, 0.1) is 39.4 Å². The number of halogens is 3. The molecule has 1 saturated heterocycles. The van der Waals surface area contributed by atoms with E-state index < -0.39 is 23.7 Å². The molecule has 0 spiro atoms. The summed E-state index contributed by atoms with van der Waals surface area (Å²) in [6.07, 6.45) is 1.51. The molecule has 1 aromatic heterocycles. The van der Waals surface area contributed by atoms with Crippen LogP contribution in [-0.4, -0.2) is 47.4 Å². The predicted octanol–water partition coefficient (Wildman–Crippen LogP) is 5.10. The minimum atomic E-state index is -1.10. The molecule has 0 saturated carbocycles. The van der Waals surface area contributed by atoms with E-state index in [1.807, 2.05) is 12.1 Å². The van der Waals surface area contributed by atoms with Gasteiger partial charge >= 0.3 is 11.7 Å². The summed E-state index contributed by atoms with van der Waals surface area (Å²) in [5.41, 5.74) is 2.05. The van der Waals surface area contributed by atoms with Gasteiger partial charge in [0.25, 0.3) is 5.91 Å². The molecule has 1 atom stereocenters. The number of benzene rings is 3. The third-order valence-electron chi connectivity index (χ3n) is 7.02. The minimum absolute atomic E-state index is 0.00452. The maximum Gasteiger partial charge on any atom is 0.334 e. The van der Waals surface area contributed by atoms with E-state index >= 15 is 0 Å². The average molecular weight is 586 g/mol. The highest BCUT2D eigenvalue weighted by Gasteiger charge is 2.27. The number of hydrogen-bond donors (Lipinski definition) is 1. The molecule has 1 aliphatic rings. The molecule has 0 aliphatic carbocycles. The Hall–Kier alpha value is -3.66. The molecular formula is C29H26Cl2FN3O5. The van der Waals surface area contributed by atoms with Gasteiger partial charge in [-0.15, -0.1) is 0 Å². The Morgan fingerprint density at radius 2 is 1.73 bits per heavy atom. The minimum Gasteiger partial charge on any atom is -0.467 e. The van der Waals surface area contributed by atoms with Gasteiger partial charge in [-0.05, 0) is 54.8 Å². The number of ether oxygens (including phenoxy) is 2. The van der Waals surface area contributed by atoms with Gasteiger partial charge in [-0.2, -0.15) is 0 Å². The van der Waals surface area contributed by atoms with Crippen molar-refractivity contribution in [2.24, 2.45) is 0 Å². The summed E-state index contributed by atoms with van der Waals surface area (Å²) in [6.45, 7) is 1.17. The summed E-state index contributed by atoms with van der Waals surface area (Å²) in [7, 11) is 1.20. The average Bonchev–Trinajstić information content (AvgIpc) is 3.26. The second-order valence-corrected chi connectivity index (χ2v) is 10.3. The number of amides is 1. The maximum atomic E-state index is 14.3. The smallest absolute Gasteiger partial charge is 0.334 e. The van der Waals surface area contributed by atoms with Crippen LogP contribution in [0.15, 0.2) is 65.5 Å². The molecule has 5 rings (SSSR count). The normalized spacial score (nSPS) is 14.7. The number of nitrogens with zero attached hydrogens (tertiary/aromatic N) is 2. The van der Waals surface area contributed by atoms with E-state index in [0.717, 1.165) is 24.4 Å². The fourth-order valence-electron chi connectivity index (χ4n) is 5.06. The van der Waals surface area contributed by atoms with E-state index in [4.69, 9.17) is 32.7 Å². The molecule has 11 heteroatoms. The number of carbonyl (C=O) groups excluding carboxylic acids is 2. The van der Waals surface area contributed by atoms with Crippen molar-refractivity contribution >= 4 is 46.1 Å². The Bertz CT molecular complexity index is 1610. The molecular weight excluding hydrogens is 560 g/mol. The lowest BCUT2D eigenvalue weighted by molar-refractivity contribution is -0.142. The molecule has 1 fully saturated rings. The topological polar surface area (TPSA) is 91.6 Å². The summed E-state index contributed by atoms with van der Waals surface area (Å²) in [6, 6.07) is 15.2. The van der Waals surface area contributed by atoms with Gasteiger partial charge in [-0.3, -0.25) is 13.9 Å². The van der Waals surface area contributed by atoms with Crippen molar-refractivity contribution in [3.63, 3.8) is 0 Å². The third kappa shape index (κ3) is 5.37. The Morgan fingerprint density at radius 1 is 1.05 bits per heavy atom. The zero-order chi connectivity index (χ0) is 28.4. The standard InChI is InChI=1S/C29H26Cl2FN3O5/c1-39-28(37)23(33-27(36)25-20(30)4-2-6-22(25)32)16-17-8-10-18(11-9-17)35-26-21(31)5-3-7-24(26)34(29(35)38)19-12-14-40-15-13-19/h2-11,19,23H,12-16H2,1H3,(H,33,36)/t23-/m0/s1. The number of para-hydroxylation sites is 1. The number of esters is 1. The van der Waals surface area contributed by atoms with Crippen LogP contribution in [0.2, 0.25) is 10.0 Å². The van der Waals surface area contributed by atoms with Crippen molar-refractivity contribution in [3.05, 3.63) is 98.1 Å². The number of rotatable bonds is 7. The quantitative estimate of drug-likeness (QED) is 0.304. The van der Waals surface area contributed by atoms with Crippen molar-refractivity contribution in [2.45, 2.75) is 31.3 Å². The first-order valence-corrected chi connectivity index (χ1v) is 13.5. The number of methoxy groups -OCH3 is 1. The molecule has 0 bridgehead atoms. The molecule has 3 aromatic carbocycles. The van der Waals surface area contributed by atoms with Gasteiger partial charge in [0.2, 0.25) is 0 Å². The molecule has 40 heavy (non-hydrogen) atoms. The van der Waals surface area contributed by atoms with Crippen molar-refractivity contribution in [2.75, 3.05) is 20.3 Å². The van der Waals surface area contributed by atoms with Crippen LogP contribution in [0.25, 0.3) is 16.7 Å². The lowest BCUT2D eigenvalue weighted by Crippen LogP contribution is -2.43. The Morgan fingerprint density at radius 3 is 2.40 bits per heavy atom. The van der Waals surface area contributed by atoms with Crippen molar-refractivity contribution in [3.8, 4) is 5.69 Å².